The summed E-state index contributed by atoms with van der Waals surface area (Å²) < 4.78 is 4.91. The van der Waals surface area contributed by atoms with E-state index in [2.05, 4.69) is 5.32 Å². The third-order valence-electron chi connectivity index (χ3n) is 3.49. The Balaban J connectivity index is 1.93. The minimum Gasteiger partial charge on any atom is -0.450 e. The van der Waals surface area contributed by atoms with Gasteiger partial charge < -0.3 is 19.9 Å². The quantitative estimate of drug-likeness (QED) is 0.661. The highest BCUT2D eigenvalue weighted by Crippen LogP contribution is 2.27. The van der Waals surface area contributed by atoms with Gasteiger partial charge in [0.25, 0.3) is 5.69 Å². The van der Waals surface area contributed by atoms with Crippen LogP contribution in [0.5, 0.6) is 0 Å². The van der Waals surface area contributed by atoms with Gasteiger partial charge in [-0.3, -0.25) is 10.1 Å². The summed E-state index contributed by atoms with van der Waals surface area (Å²) in [6.45, 7) is 3.46. The van der Waals surface area contributed by atoms with E-state index in [9.17, 15) is 19.7 Å². The number of hydrogen-bond donors (Lipinski definition) is 1. The largest absolute Gasteiger partial charge is 0.450 e. The molecule has 1 heterocycles. The van der Waals surface area contributed by atoms with Gasteiger partial charge in [-0.1, -0.05) is 11.6 Å². The molecule has 0 aliphatic carbocycles. The van der Waals surface area contributed by atoms with Gasteiger partial charge in [-0.15, -0.1) is 0 Å². The Morgan fingerprint density at radius 2 is 1.92 bits per heavy atom. The molecule has 3 amide bonds. The van der Waals surface area contributed by atoms with Crippen LogP contribution >= 0.6 is 11.6 Å². The monoisotopic (exact) mass is 356 g/mol. The number of nitrogens with one attached hydrogen (secondary N) is 1. The molecule has 24 heavy (non-hydrogen) atoms. The normalized spacial score (nSPS) is 14.2. The number of carbonyl (C=O) groups is 2. The highest BCUT2D eigenvalue weighted by Gasteiger charge is 2.25. The molecule has 10 heteroatoms. The molecule has 0 bridgehead atoms. The van der Waals surface area contributed by atoms with Gasteiger partial charge in [-0.25, -0.2) is 9.59 Å². The van der Waals surface area contributed by atoms with Crippen LogP contribution in [0.2, 0.25) is 5.02 Å². The van der Waals surface area contributed by atoms with Gasteiger partial charge in [0.15, 0.2) is 0 Å². The van der Waals surface area contributed by atoms with Crippen LogP contribution in [0.1, 0.15) is 6.92 Å². The summed E-state index contributed by atoms with van der Waals surface area (Å²) in [6.07, 6.45) is -0.397. The molecule has 1 aromatic carbocycles. The van der Waals surface area contributed by atoms with Crippen molar-refractivity contribution < 1.29 is 19.2 Å². The fraction of sp³-hybridized carbons (Fsp3) is 0.429. The summed E-state index contributed by atoms with van der Waals surface area (Å²) in [5, 5.41) is 13.5. The number of piperazine rings is 1. The fourth-order valence-corrected chi connectivity index (χ4v) is 2.43. The number of nitrogens with zero attached hydrogens (tertiary/aromatic N) is 3. The minimum atomic E-state index is -0.615. The first kappa shape index (κ1) is 17.8. The Hall–Kier alpha value is -2.55. The minimum absolute atomic E-state index is 0.000972. The second kappa shape index (κ2) is 7.82. The summed E-state index contributed by atoms with van der Waals surface area (Å²) in [5.74, 6) is 0. The number of nitro benzene ring substituents is 1. The molecule has 0 radical (unpaired) electrons. The molecule has 0 aromatic heterocycles. The Labute approximate surface area is 143 Å². The highest BCUT2D eigenvalue weighted by molar-refractivity contribution is 6.32. The molecule has 0 atom stereocenters. The second-order valence-electron chi connectivity index (χ2n) is 5.03. The third kappa shape index (κ3) is 4.25. The van der Waals surface area contributed by atoms with Gasteiger partial charge in [0.2, 0.25) is 0 Å². The van der Waals surface area contributed by atoms with Gasteiger partial charge in [0.05, 0.1) is 11.5 Å². The van der Waals surface area contributed by atoms with Crippen LogP contribution in [0.3, 0.4) is 0 Å². The maximum absolute atomic E-state index is 12.2. The standard InChI is InChI=1S/C14H17ClN4O5/c1-2-24-14(21)18-7-5-17(6-8-18)13(20)16-10-3-4-11(15)12(9-10)19(22)23/h3-4,9H,2,5-8H2,1H3,(H,16,20). The number of urea groups is 1. The van der Waals surface area contributed by atoms with Crippen LogP contribution in [0.4, 0.5) is 21.0 Å². The first-order chi connectivity index (χ1) is 11.4. The molecule has 1 aliphatic heterocycles. The van der Waals surface area contributed by atoms with E-state index in [1.54, 1.807) is 6.92 Å². The molecule has 1 saturated heterocycles. The Kier molecular flexibility index (Phi) is 5.80. The fourth-order valence-electron chi connectivity index (χ4n) is 2.24. The number of ether oxygens (including phenoxy) is 1. The molecule has 1 N–H and O–H groups in total. The van der Waals surface area contributed by atoms with Gasteiger partial charge in [0, 0.05) is 37.9 Å². The molecule has 130 valence electrons. The van der Waals surface area contributed by atoms with E-state index in [0.29, 0.717) is 32.8 Å². The zero-order chi connectivity index (χ0) is 17.7. The molecular weight excluding hydrogens is 340 g/mol. The summed E-state index contributed by atoms with van der Waals surface area (Å²) >= 11 is 5.73. The van der Waals surface area contributed by atoms with Crippen molar-refractivity contribution in [3.8, 4) is 0 Å². The lowest BCUT2D eigenvalue weighted by Crippen LogP contribution is -2.51. The Bertz CT molecular complexity index is 646. The Morgan fingerprint density at radius 1 is 1.29 bits per heavy atom. The number of halogens is 1. The lowest BCUT2D eigenvalue weighted by molar-refractivity contribution is -0.384. The molecule has 9 nitrogen and oxygen atoms in total. The predicted octanol–water partition coefficient (Wildman–Crippen LogP) is 2.55. The maximum Gasteiger partial charge on any atom is 0.409 e. The van der Waals surface area contributed by atoms with E-state index in [0.717, 1.165) is 0 Å². The third-order valence-corrected chi connectivity index (χ3v) is 3.81. The van der Waals surface area contributed by atoms with Crippen molar-refractivity contribution in [1.29, 1.82) is 0 Å². The van der Waals surface area contributed by atoms with Crippen molar-refractivity contribution in [3.05, 3.63) is 33.3 Å². The van der Waals surface area contributed by atoms with Crippen molar-refractivity contribution in [2.45, 2.75) is 6.92 Å². The number of nitro groups is 1. The molecule has 0 unspecified atom stereocenters. The smallest absolute Gasteiger partial charge is 0.409 e. The van der Waals surface area contributed by atoms with E-state index in [1.165, 1.54) is 28.0 Å². The number of rotatable bonds is 3. The number of carbonyl (C=O) groups excluding carboxylic acids is 2. The molecule has 0 saturated carbocycles. The average Bonchev–Trinajstić information content (AvgIpc) is 2.56. The molecular formula is C14H17ClN4O5. The van der Waals surface area contributed by atoms with E-state index in [-0.39, 0.29) is 16.4 Å². The summed E-state index contributed by atoms with van der Waals surface area (Å²) in [4.78, 5) is 37.1. The van der Waals surface area contributed by atoms with Crippen LogP contribution in [0.25, 0.3) is 0 Å². The molecule has 1 aliphatic rings. The topological polar surface area (TPSA) is 105 Å². The SMILES string of the molecule is CCOC(=O)N1CCN(C(=O)Nc2ccc(Cl)c([N+](=O)[O-])c2)CC1. The first-order valence-electron chi connectivity index (χ1n) is 7.34. The van der Waals surface area contributed by atoms with Crippen LogP contribution < -0.4 is 5.32 Å². The van der Waals surface area contributed by atoms with Gasteiger partial charge in [-0.2, -0.15) is 0 Å². The summed E-state index contributed by atoms with van der Waals surface area (Å²) in [7, 11) is 0. The lowest BCUT2D eigenvalue weighted by Gasteiger charge is -2.33. The van der Waals surface area contributed by atoms with Crippen molar-refractivity contribution in [2.75, 3.05) is 38.1 Å². The van der Waals surface area contributed by atoms with E-state index in [1.807, 2.05) is 0 Å². The highest BCUT2D eigenvalue weighted by atomic mass is 35.5. The second-order valence-corrected chi connectivity index (χ2v) is 5.43. The maximum atomic E-state index is 12.2. The molecule has 1 fully saturated rings. The zero-order valence-electron chi connectivity index (χ0n) is 13.0. The van der Waals surface area contributed by atoms with Gasteiger partial charge >= 0.3 is 12.1 Å². The zero-order valence-corrected chi connectivity index (χ0v) is 13.8. The van der Waals surface area contributed by atoms with Crippen molar-refractivity contribution in [2.24, 2.45) is 0 Å². The lowest BCUT2D eigenvalue weighted by atomic mass is 10.3. The molecule has 1 aromatic rings. The summed E-state index contributed by atoms with van der Waals surface area (Å²) in [5.41, 5.74) is 0.00511. The number of amides is 3. The number of hydrogen-bond acceptors (Lipinski definition) is 5. The van der Waals surface area contributed by atoms with Crippen molar-refractivity contribution in [1.82, 2.24) is 9.80 Å². The van der Waals surface area contributed by atoms with Gasteiger partial charge in [-0.05, 0) is 19.1 Å². The van der Waals surface area contributed by atoms with Crippen LogP contribution in [-0.4, -0.2) is 59.6 Å². The van der Waals surface area contributed by atoms with Crippen LogP contribution in [0, 0.1) is 10.1 Å². The van der Waals surface area contributed by atoms with Crippen LogP contribution in [-0.2, 0) is 4.74 Å². The van der Waals surface area contributed by atoms with Crippen molar-refractivity contribution >= 4 is 35.1 Å². The average molecular weight is 357 g/mol. The Morgan fingerprint density at radius 3 is 2.50 bits per heavy atom. The van der Waals surface area contributed by atoms with Crippen LogP contribution in [0.15, 0.2) is 18.2 Å². The number of anilines is 1. The first-order valence-corrected chi connectivity index (χ1v) is 7.71. The molecule has 0 spiro atoms. The van der Waals surface area contributed by atoms with E-state index < -0.39 is 17.0 Å². The predicted molar refractivity (Wildman–Crippen MR) is 87.3 cm³/mol. The van der Waals surface area contributed by atoms with E-state index in [4.69, 9.17) is 16.3 Å². The molecule has 2 rings (SSSR count). The van der Waals surface area contributed by atoms with Gasteiger partial charge in [0.1, 0.15) is 5.02 Å². The van der Waals surface area contributed by atoms with Crippen molar-refractivity contribution in [3.63, 3.8) is 0 Å². The number of benzene rings is 1. The van der Waals surface area contributed by atoms with E-state index >= 15 is 0 Å². The summed E-state index contributed by atoms with van der Waals surface area (Å²) in [6, 6.07) is 3.65.